The fourth-order valence-electron chi connectivity index (χ4n) is 3.77. The maximum absolute atomic E-state index is 5.91. The number of rotatable bonds is 9. The van der Waals surface area contributed by atoms with E-state index in [1.165, 1.54) is 11.1 Å². The predicted molar refractivity (Wildman–Crippen MR) is 118 cm³/mol. The second-order valence-electron chi connectivity index (χ2n) is 8.04. The number of furan rings is 1. The summed E-state index contributed by atoms with van der Waals surface area (Å²) in [4.78, 5) is 2.21. The van der Waals surface area contributed by atoms with Gasteiger partial charge >= 0.3 is 0 Å². The lowest BCUT2D eigenvalue weighted by Crippen LogP contribution is -2.23. The number of hydrogen-bond acceptors (Lipinski definition) is 6. The molecule has 1 aliphatic rings. The van der Waals surface area contributed by atoms with Crippen molar-refractivity contribution < 1.29 is 9.15 Å². The lowest BCUT2D eigenvalue weighted by atomic mass is 10.1. The molecule has 4 rings (SSSR count). The van der Waals surface area contributed by atoms with Gasteiger partial charge in [0.2, 0.25) is 0 Å². The first-order chi connectivity index (χ1) is 14.6. The molecule has 0 aliphatic carbocycles. The molecular formula is C23H30N4O2S. The fraction of sp³-hybridized carbons (Fsp3) is 0.478. The largest absolute Gasteiger partial charge is 0.465 e. The lowest BCUT2D eigenvalue weighted by molar-refractivity contribution is 0.0933. The van der Waals surface area contributed by atoms with Gasteiger partial charge in [-0.1, -0.05) is 36.0 Å². The molecule has 0 bridgehead atoms. The molecule has 2 aromatic heterocycles. The fourth-order valence-corrected chi connectivity index (χ4v) is 4.81. The molecule has 160 valence electrons. The number of hydrogen-bond donors (Lipinski definition) is 0. The van der Waals surface area contributed by atoms with Crippen LogP contribution in [0, 0.1) is 13.8 Å². The first-order valence-electron chi connectivity index (χ1n) is 10.5. The van der Waals surface area contributed by atoms with E-state index in [4.69, 9.17) is 9.15 Å². The molecule has 0 radical (unpaired) electrons. The van der Waals surface area contributed by atoms with Gasteiger partial charge in [0.1, 0.15) is 17.3 Å². The third-order valence-electron chi connectivity index (χ3n) is 5.45. The second kappa shape index (κ2) is 9.81. The molecule has 30 heavy (non-hydrogen) atoms. The van der Waals surface area contributed by atoms with E-state index in [9.17, 15) is 0 Å². The molecule has 1 aromatic carbocycles. The van der Waals surface area contributed by atoms with Gasteiger partial charge in [-0.2, -0.15) is 0 Å². The van der Waals surface area contributed by atoms with Crippen LogP contribution in [0.15, 0.2) is 46.0 Å². The van der Waals surface area contributed by atoms with E-state index >= 15 is 0 Å². The smallest absolute Gasteiger partial charge is 0.191 e. The van der Waals surface area contributed by atoms with Crippen molar-refractivity contribution in [2.24, 2.45) is 0 Å². The van der Waals surface area contributed by atoms with Crippen molar-refractivity contribution in [2.75, 3.05) is 13.7 Å². The van der Waals surface area contributed by atoms with Crippen LogP contribution in [0.1, 0.15) is 41.3 Å². The summed E-state index contributed by atoms with van der Waals surface area (Å²) in [5, 5.41) is 10.0. The molecule has 3 heterocycles. The Morgan fingerprint density at radius 1 is 1.13 bits per heavy atom. The topological polar surface area (TPSA) is 56.3 Å². The van der Waals surface area contributed by atoms with E-state index in [0.717, 1.165) is 60.8 Å². The zero-order valence-electron chi connectivity index (χ0n) is 18.0. The van der Waals surface area contributed by atoms with Crippen molar-refractivity contribution in [3.05, 3.63) is 64.9 Å². The Labute approximate surface area is 182 Å². The van der Waals surface area contributed by atoms with Gasteiger partial charge in [0.25, 0.3) is 0 Å². The summed E-state index contributed by atoms with van der Waals surface area (Å²) in [5.41, 5.74) is 2.64. The Bertz CT molecular complexity index is 962. The third kappa shape index (κ3) is 5.33. The normalized spacial score (nSPS) is 16.6. The zero-order chi connectivity index (χ0) is 20.9. The second-order valence-corrected chi connectivity index (χ2v) is 8.99. The van der Waals surface area contributed by atoms with Crippen molar-refractivity contribution in [2.45, 2.75) is 63.3 Å². The molecule has 1 aliphatic heterocycles. The molecule has 6 nitrogen and oxygen atoms in total. The van der Waals surface area contributed by atoms with Crippen molar-refractivity contribution in [1.29, 1.82) is 0 Å². The van der Waals surface area contributed by atoms with Gasteiger partial charge in [-0.25, -0.2) is 0 Å². The lowest BCUT2D eigenvalue weighted by Gasteiger charge is -2.18. The van der Waals surface area contributed by atoms with E-state index in [1.54, 1.807) is 11.8 Å². The minimum atomic E-state index is 0.246. The molecule has 7 heteroatoms. The quantitative estimate of drug-likeness (QED) is 0.467. The number of nitrogens with zero attached hydrogens (tertiary/aromatic N) is 4. The van der Waals surface area contributed by atoms with Gasteiger partial charge < -0.3 is 13.7 Å². The summed E-state index contributed by atoms with van der Waals surface area (Å²) in [6.45, 7) is 7.25. The van der Waals surface area contributed by atoms with Gasteiger partial charge in [0, 0.05) is 12.4 Å². The van der Waals surface area contributed by atoms with Crippen LogP contribution in [0.5, 0.6) is 0 Å². The SMILES string of the molecule is Cc1ccc(CN(C)Cc2nnc(SCc3ccccc3C)n2C[C@@H]2CCCO2)o1. The van der Waals surface area contributed by atoms with Crippen LogP contribution in [0.2, 0.25) is 0 Å². The van der Waals surface area contributed by atoms with Gasteiger partial charge in [-0.3, -0.25) is 4.90 Å². The zero-order valence-corrected chi connectivity index (χ0v) is 18.8. The average molecular weight is 427 g/mol. The summed E-state index contributed by atoms with van der Waals surface area (Å²) in [6, 6.07) is 12.6. The standard InChI is InChI=1S/C23H30N4O2S/c1-17-7-4-5-8-19(17)16-30-23-25-24-22(27(23)14-20-9-6-12-28-20)15-26(3)13-21-11-10-18(2)29-21/h4-5,7-8,10-11,20H,6,9,12-16H2,1-3H3/t20-/m0/s1. The van der Waals surface area contributed by atoms with Crippen molar-refractivity contribution >= 4 is 11.8 Å². The Morgan fingerprint density at radius 2 is 2.00 bits per heavy atom. The highest BCUT2D eigenvalue weighted by Gasteiger charge is 2.22. The molecular weight excluding hydrogens is 396 g/mol. The molecule has 3 aromatic rings. The van der Waals surface area contributed by atoms with E-state index in [2.05, 4.69) is 57.9 Å². The van der Waals surface area contributed by atoms with Crippen LogP contribution in [-0.2, 0) is 30.1 Å². The summed E-state index contributed by atoms with van der Waals surface area (Å²) in [6.07, 6.45) is 2.47. The molecule has 0 unspecified atom stereocenters. The third-order valence-corrected chi connectivity index (χ3v) is 6.47. The van der Waals surface area contributed by atoms with Gasteiger partial charge in [0.15, 0.2) is 5.16 Å². The first kappa shape index (κ1) is 21.2. The van der Waals surface area contributed by atoms with Gasteiger partial charge in [-0.15, -0.1) is 10.2 Å². The Kier molecular flexibility index (Phi) is 6.92. The highest BCUT2D eigenvalue weighted by atomic mass is 32.2. The van der Waals surface area contributed by atoms with Crippen molar-refractivity contribution in [3.63, 3.8) is 0 Å². The van der Waals surface area contributed by atoms with Gasteiger partial charge in [0.05, 0.1) is 25.7 Å². The Hall–Kier alpha value is -2.09. The number of benzene rings is 1. The van der Waals surface area contributed by atoms with Crippen LogP contribution >= 0.6 is 11.8 Å². The monoisotopic (exact) mass is 426 g/mol. The van der Waals surface area contributed by atoms with Crippen molar-refractivity contribution in [3.8, 4) is 0 Å². The Morgan fingerprint density at radius 3 is 2.73 bits per heavy atom. The number of thioether (sulfide) groups is 1. The summed E-state index contributed by atoms with van der Waals surface area (Å²) in [7, 11) is 2.09. The van der Waals surface area contributed by atoms with E-state index < -0.39 is 0 Å². The highest BCUT2D eigenvalue weighted by molar-refractivity contribution is 7.98. The van der Waals surface area contributed by atoms with Crippen LogP contribution in [-0.4, -0.2) is 39.4 Å². The van der Waals surface area contributed by atoms with Crippen molar-refractivity contribution in [1.82, 2.24) is 19.7 Å². The maximum atomic E-state index is 5.91. The molecule has 0 N–H and O–H groups in total. The van der Waals surface area contributed by atoms with E-state index in [-0.39, 0.29) is 6.10 Å². The predicted octanol–water partition coefficient (Wildman–Crippen LogP) is 4.59. The molecule has 0 spiro atoms. The number of aromatic nitrogens is 3. The minimum absolute atomic E-state index is 0.246. The van der Waals surface area contributed by atoms with Crippen LogP contribution in [0.4, 0.5) is 0 Å². The maximum Gasteiger partial charge on any atom is 0.191 e. The number of ether oxygens (including phenoxy) is 1. The molecule has 0 amide bonds. The van der Waals surface area contributed by atoms with Gasteiger partial charge in [-0.05, 0) is 57.0 Å². The summed E-state index contributed by atoms with van der Waals surface area (Å²) < 4.78 is 13.9. The number of aryl methyl sites for hydroxylation is 2. The molecule has 0 saturated carbocycles. The van der Waals surface area contributed by atoms with Crippen LogP contribution < -0.4 is 0 Å². The molecule has 1 saturated heterocycles. The highest BCUT2D eigenvalue weighted by Crippen LogP contribution is 2.26. The first-order valence-corrected chi connectivity index (χ1v) is 11.5. The molecule has 1 fully saturated rings. The summed E-state index contributed by atoms with van der Waals surface area (Å²) in [5.74, 6) is 3.77. The van der Waals surface area contributed by atoms with E-state index in [1.807, 2.05) is 19.1 Å². The van der Waals surface area contributed by atoms with E-state index in [0.29, 0.717) is 6.54 Å². The summed E-state index contributed by atoms with van der Waals surface area (Å²) >= 11 is 1.75. The Balaban J connectivity index is 1.48. The molecule has 1 atom stereocenters. The minimum Gasteiger partial charge on any atom is -0.465 e. The van der Waals surface area contributed by atoms with Crippen LogP contribution in [0.3, 0.4) is 0 Å². The van der Waals surface area contributed by atoms with Crippen LogP contribution in [0.25, 0.3) is 0 Å². The average Bonchev–Trinajstić information content (AvgIpc) is 3.46.